The van der Waals surface area contributed by atoms with Crippen LogP contribution in [0.3, 0.4) is 0 Å². The monoisotopic (exact) mass is 758 g/mol. The smallest absolute Gasteiger partial charge is 0.117 e. The van der Waals surface area contributed by atoms with Gasteiger partial charge in [-0.25, -0.2) is 0 Å². The van der Waals surface area contributed by atoms with Crippen molar-refractivity contribution in [3.05, 3.63) is 231 Å². The number of hydrogen-bond donors (Lipinski definition) is 0. The summed E-state index contributed by atoms with van der Waals surface area (Å²) in [5.74, 6) is 1.29. The van der Waals surface area contributed by atoms with Crippen molar-refractivity contribution < 1.29 is 0 Å². The van der Waals surface area contributed by atoms with Crippen molar-refractivity contribution in [2.75, 3.05) is 22.9 Å². The molecule has 0 aromatic heterocycles. The fourth-order valence-corrected chi connectivity index (χ4v) is 15.1. The first kappa shape index (κ1) is 36.8. The predicted octanol–water partition coefficient (Wildman–Crippen LogP) is 11.9. The van der Waals surface area contributed by atoms with Crippen LogP contribution in [0.1, 0.15) is 50.1 Å². The Kier molecular flexibility index (Phi) is 9.63. The van der Waals surface area contributed by atoms with Gasteiger partial charge in [-0.1, -0.05) is 175 Å². The Morgan fingerprint density at radius 3 is 1.47 bits per heavy atom. The second-order valence-corrected chi connectivity index (χ2v) is 19.5. The maximum atomic E-state index is 2.66. The predicted molar refractivity (Wildman–Crippen MR) is 248 cm³/mol. The first-order chi connectivity index (χ1) is 27.8. The third-order valence-corrected chi connectivity index (χ3v) is 16.7. The highest BCUT2D eigenvalue weighted by atomic mass is 31.2. The Hall–Kier alpha value is -5.82. The van der Waals surface area contributed by atoms with Crippen molar-refractivity contribution in [2.45, 2.75) is 47.2 Å². The van der Waals surface area contributed by atoms with Crippen molar-refractivity contribution in [3.8, 4) is 0 Å². The lowest BCUT2D eigenvalue weighted by Gasteiger charge is -2.41. The molecule has 1 fully saturated rings. The molecule has 1 atom stereocenters. The van der Waals surface area contributed by atoms with Gasteiger partial charge in [0.15, 0.2) is 0 Å². The molecule has 2 nitrogen and oxygen atoms in total. The molecule has 0 saturated carbocycles. The van der Waals surface area contributed by atoms with Crippen molar-refractivity contribution in [1.29, 1.82) is 0 Å². The highest BCUT2D eigenvalue weighted by molar-refractivity contribution is 7.91. The van der Waals surface area contributed by atoms with E-state index in [0.29, 0.717) is 0 Å². The summed E-state index contributed by atoms with van der Waals surface area (Å²) < 4.78 is 0. The number of benzene rings is 6. The molecule has 3 aliphatic rings. The molecule has 0 radical (unpaired) electrons. The van der Waals surface area contributed by atoms with E-state index in [0.717, 1.165) is 13.1 Å². The first-order valence-corrected chi connectivity index (χ1v) is 22.2. The normalized spacial score (nSPS) is 16.4. The lowest BCUT2D eigenvalue weighted by Crippen LogP contribution is -2.35. The molecule has 0 bridgehead atoms. The van der Waals surface area contributed by atoms with Gasteiger partial charge < -0.3 is 9.80 Å². The average molecular weight is 759 g/mol. The molecule has 9 rings (SSSR count). The van der Waals surface area contributed by atoms with E-state index < -0.39 is 6.89 Å². The SMILES string of the molecule is Cc1cc(C)c(N2CCN(c3c(C)cc(C)cc3C)C2=C2C=CC=CC2P(=C2C=C(c3ccccc3)c3ccccc32)(c2ccccc2)c2ccccc2)c(C)c1. The molecule has 0 amide bonds. The van der Waals surface area contributed by atoms with E-state index in [1.54, 1.807) is 0 Å². The van der Waals surface area contributed by atoms with Gasteiger partial charge >= 0.3 is 0 Å². The van der Waals surface area contributed by atoms with Crippen molar-refractivity contribution in [2.24, 2.45) is 0 Å². The lowest BCUT2D eigenvalue weighted by atomic mass is 9.99. The highest BCUT2D eigenvalue weighted by Crippen LogP contribution is 2.60. The molecule has 282 valence electrons. The van der Waals surface area contributed by atoms with Gasteiger partial charge in [-0.05, 0) is 115 Å². The Balaban J connectivity index is 1.45. The second-order valence-electron chi connectivity index (χ2n) is 16.0. The fourth-order valence-electron chi connectivity index (χ4n) is 10.2. The summed E-state index contributed by atoms with van der Waals surface area (Å²) in [6.07, 6.45) is 12.1. The number of aryl methyl sites for hydroxylation is 6. The van der Waals surface area contributed by atoms with Crippen molar-refractivity contribution >= 4 is 39.7 Å². The van der Waals surface area contributed by atoms with E-state index in [2.05, 4.69) is 221 Å². The highest BCUT2D eigenvalue weighted by Gasteiger charge is 2.43. The van der Waals surface area contributed by atoms with Gasteiger partial charge in [0.25, 0.3) is 0 Å². The van der Waals surface area contributed by atoms with Crippen LogP contribution in [-0.4, -0.2) is 24.0 Å². The van der Waals surface area contributed by atoms with Crippen LogP contribution < -0.4 is 20.4 Å². The summed E-state index contributed by atoms with van der Waals surface area (Å²) in [4.78, 5) is 5.33. The molecular formula is C54H51N2P. The second kappa shape index (κ2) is 14.9. The molecule has 1 saturated heterocycles. The molecular weight excluding hydrogens is 708 g/mol. The summed E-state index contributed by atoms with van der Waals surface area (Å²) >= 11 is 0. The van der Waals surface area contributed by atoms with E-state index in [-0.39, 0.29) is 5.66 Å². The van der Waals surface area contributed by atoms with Crippen molar-refractivity contribution in [3.63, 3.8) is 0 Å². The summed E-state index contributed by atoms with van der Waals surface area (Å²) in [5, 5.41) is 4.20. The minimum Gasteiger partial charge on any atom is -0.325 e. The number of allylic oxidation sites excluding steroid dienone is 6. The maximum absolute atomic E-state index is 2.66. The molecule has 0 spiro atoms. The van der Waals surface area contributed by atoms with Crippen LogP contribution >= 0.6 is 6.89 Å². The van der Waals surface area contributed by atoms with E-state index >= 15 is 0 Å². The standard InChI is InChI=1S/C54H51N2P/c1-37-32-39(3)52(40(4)33-37)55-30-31-56(53-41(5)34-38(2)35-42(53)6)54(55)48-28-18-19-29-50(48)57(44-22-12-8-13-23-44,45-24-14-9-15-25-45)51-36-49(43-20-10-7-11-21-43)46-26-16-17-27-47(46)51/h7-29,32-36,50H,30-31H2,1-6H3. The third-order valence-electron chi connectivity index (χ3n) is 12.1. The maximum Gasteiger partial charge on any atom is 0.117 e. The summed E-state index contributed by atoms with van der Waals surface area (Å²) in [6.45, 7) is 12.9. The Morgan fingerprint density at radius 1 is 0.509 bits per heavy atom. The van der Waals surface area contributed by atoms with E-state index in [1.807, 2.05) is 0 Å². The summed E-state index contributed by atoms with van der Waals surface area (Å²) in [7, 11) is 0. The minimum atomic E-state index is -2.53. The van der Waals surface area contributed by atoms with Gasteiger partial charge in [0, 0.05) is 35.7 Å². The number of fused-ring (bicyclic) bond motifs is 1. The van der Waals surface area contributed by atoms with Gasteiger partial charge in [-0.2, -0.15) is 0 Å². The summed E-state index contributed by atoms with van der Waals surface area (Å²) in [5.41, 5.74) is 17.1. The Bertz CT molecular complexity index is 2540. The van der Waals surface area contributed by atoms with Gasteiger partial charge in [-0.15, -0.1) is 0 Å². The zero-order chi connectivity index (χ0) is 39.3. The van der Waals surface area contributed by atoms with Gasteiger partial charge in [0.2, 0.25) is 0 Å². The quantitative estimate of drug-likeness (QED) is 0.156. The van der Waals surface area contributed by atoms with Crippen LogP contribution in [0.2, 0.25) is 0 Å². The van der Waals surface area contributed by atoms with Gasteiger partial charge in [0.1, 0.15) is 5.82 Å². The number of hydrogen-bond acceptors (Lipinski definition) is 2. The van der Waals surface area contributed by atoms with E-state index in [9.17, 15) is 0 Å². The molecule has 1 heterocycles. The number of rotatable bonds is 6. The van der Waals surface area contributed by atoms with Crippen LogP contribution in [0, 0.1) is 41.5 Å². The minimum absolute atomic E-state index is 0.0388. The Morgan fingerprint density at radius 2 is 0.965 bits per heavy atom. The van der Waals surface area contributed by atoms with E-state index in [4.69, 9.17) is 0 Å². The first-order valence-electron chi connectivity index (χ1n) is 20.3. The number of nitrogens with zero attached hydrogens (tertiary/aromatic N) is 2. The average Bonchev–Trinajstić information content (AvgIpc) is 3.81. The van der Waals surface area contributed by atoms with Crippen LogP contribution in [-0.2, 0) is 0 Å². The zero-order valence-electron chi connectivity index (χ0n) is 34.0. The van der Waals surface area contributed by atoms with Gasteiger partial charge in [0.05, 0.1) is 0 Å². The molecule has 6 aromatic carbocycles. The van der Waals surface area contributed by atoms with Gasteiger partial charge in [-0.3, -0.25) is 0 Å². The summed E-state index contributed by atoms with van der Waals surface area (Å²) in [6, 6.07) is 52.5. The molecule has 1 unspecified atom stereocenters. The van der Waals surface area contributed by atoms with Crippen LogP contribution in [0.5, 0.6) is 0 Å². The lowest BCUT2D eigenvalue weighted by molar-refractivity contribution is 1.01. The zero-order valence-corrected chi connectivity index (χ0v) is 34.9. The fraction of sp³-hybridized carbons (Fsp3) is 0.167. The molecule has 57 heavy (non-hydrogen) atoms. The van der Waals surface area contributed by atoms with Crippen LogP contribution in [0.15, 0.2) is 181 Å². The topological polar surface area (TPSA) is 6.48 Å². The molecule has 2 aliphatic carbocycles. The molecule has 6 aromatic rings. The van der Waals surface area contributed by atoms with E-state index in [1.165, 1.54) is 94.3 Å². The van der Waals surface area contributed by atoms with Crippen LogP contribution in [0.25, 0.3) is 5.57 Å². The van der Waals surface area contributed by atoms with Crippen LogP contribution in [0.4, 0.5) is 11.4 Å². The molecule has 0 N–H and O–H groups in total. The largest absolute Gasteiger partial charge is 0.325 e. The van der Waals surface area contributed by atoms with Crippen molar-refractivity contribution in [1.82, 2.24) is 0 Å². The molecule has 3 heteroatoms. The Labute approximate surface area is 339 Å². The molecule has 1 aliphatic heterocycles. The number of anilines is 2. The third kappa shape index (κ3) is 6.19.